The van der Waals surface area contributed by atoms with E-state index in [9.17, 15) is 31.2 Å². The average Bonchev–Trinajstić information content (AvgIpc) is 3.22. The predicted octanol–water partition coefficient (Wildman–Crippen LogP) is 2.91. The number of Topliss-reactive ketones (excluding diaryl/α,β-unsaturated/α-hetero) is 1. The van der Waals surface area contributed by atoms with Crippen LogP contribution in [0.4, 0.5) is 13.2 Å². The molecule has 0 aliphatic rings. The lowest BCUT2D eigenvalue weighted by atomic mass is 9.98. The topological polar surface area (TPSA) is 124 Å². The highest BCUT2D eigenvalue weighted by Crippen LogP contribution is 2.35. The molecule has 0 radical (unpaired) electrons. The summed E-state index contributed by atoms with van der Waals surface area (Å²) in [7, 11) is -2.57. The van der Waals surface area contributed by atoms with Crippen molar-refractivity contribution in [3.63, 3.8) is 0 Å². The molecule has 0 saturated carbocycles. The number of carbonyl (C=O) groups is 2. The molecule has 0 atom stereocenters. The first-order valence-electron chi connectivity index (χ1n) is 9.55. The molecule has 1 aromatic heterocycles. The maximum atomic E-state index is 13.5. The van der Waals surface area contributed by atoms with Gasteiger partial charge in [0, 0.05) is 31.0 Å². The van der Waals surface area contributed by atoms with Gasteiger partial charge in [0.1, 0.15) is 0 Å². The molecule has 3 rings (SSSR count). The number of primary sulfonamides is 1. The van der Waals surface area contributed by atoms with Gasteiger partial charge in [-0.1, -0.05) is 24.3 Å². The number of aromatic nitrogens is 2. The molecule has 8 nitrogen and oxygen atoms in total. The number of benzene rings is 2. The van der Waals surface area contributed by atoms with Crippen LogP contribution in [0.25, 0.3) is 16.9 Å². The molecule has 12 heteroatoms. The van der Waals surface area contributed by atoms with Crippen molar-refractivity contribution in [2.75, 3.05) is 7.05 Å². The lowest BCUT2D eigenvalue weighted by molar-refractivity contribution is -0.141. The Morgan fingerprint density at radius 2 is 1.70 bits per heavy atom. The number of ketones is 1. The molecular formula is C21H19F3N4O4S. The Morgan fingerprint density at radius 3 is 2.27 bits per heavy atom. The van der Waals surface area contributed by atoms with Crippen molar-refractivity contribution in [3.05, 3.63) is 65.9 Å². The number of nitrogens with one attached hydrogen (secondary N) is 1. The van der Waals surface area contributed by atoms with Gasteiger partial charge in [-0.2, -0.15) is 18.3 Å². The second-order valence-electron chi connectivity index (χ2n) is 7.01. The highest BCUT2D eigenvalue weighted by atomic mass is 32.2. The molecule has 0 aliphatic heterocycles. The Kier molecular flexibility index (Phi) is 6.70. The number of alkyl halides is 3. The fraction of sp³-hybridized carbons (Fsp3) is 0.190. The fourth-order valence-corrected chi connectivity index (χ4v) is 3.64. The molecule has 3 N–H and O–H groups in total. The molecule has 0 bridgehead atoms. The van der Waals surface area contributed by atoms with Gasteiger partial charge in [-0.25, -0.2) is 18.2 Å². The van der Waals surface area contributed by atoms with Crippen LogP contribution in [0.15, 0.2) is 59.5 Å². The lowest BCUT2D eigenvalue weighted by Gasteiger charge is -2.12. The molecule has 0 saturated heterocycles. The second kappa shape index (κ2) is 9.16. The Hall–Kier alpha value is -3.51. The summed E-state index contributed by atoms with van der Waals surface area (Å²) in [6.07, 6.45) is -4.98. The molecule has 0 unspecified atom stereocenters. The summed E-state index contributed by atoms with van der Waals surface area (Å²) in [5.41, 5.74) is -0.800. The summed E-state index contributed by atoms with van der Waals surface area (Å²) in [6, 6.07) is 11.6. The van der Waals surface area contributed by atoms with Gasteiger partial charge >= 0.3 is 6.18 Å². The van der Waals surface area contributed by atoms with E-state index in [-0.39, 0.29) is 46.2 Å². The summed E-state index contributed by atoms with van der Waals surface area (Å²) < 4.78 is 64.3. The third-order valence-corrected chi connectivity index (χ3v) is 5.70. The van der Waals surface area contributed by atoms with Crippen molar-refractivity contribution in [1.82, 2.24) is 15.1 Å². The van der Waals surface area contributed by atoms with Crippen molar-refractivity contribution in [1.29, 1.82) is 0 Å². The van der Waals surface area contributed by atoms with Gasteiger partial charge in [-0.15, -0.1) is 0 Å². The van der Waals surface area contributed by atoms with Crippen molar-refractivity contribution >= 4 is 21.7 Å². The summed E-state index contributed by atoms with van der Waals surface area (Å²) in [5, 5.41) is 11.1. The maximum Gasteiger partial charge on any atom is 0.435 e. The summed E-state index contributed by atoms with van der Waals surface area (Å²) in [5.74, 6) is -0.778. The van der Waals surface area contributed by atoms with E-state index >= 15 is 0 Å². The van der Waals surface area contributed by atoms with E-state index in [1.54, 1.807) is 12.1 Å². The summed E-state index contributed by atoms with van der Waals surface area (Å²) in [4.78, 5) is 24.0. The van der Waals surface area contributed by atoms with Crippen LogP contribution in [0.2, 0.25) is 0 Å². The van der Waals surface area contributed by atoms with E-state index in [4.69, 9.17) is 5.14 Å². The van der Waals surface area contributed by atoms with Crippen molar-refractivity contribution in [3.8, 4) is 16.9 Å². The van der Waals surface area contributed by atoms with Crippen LogP contribution in [-0.4, -0.2) is 36.9 Å². The molecular weight excluding hydrogens is 461 g/mol. The zero-order valence-corrected chi connectivity index (χ0v) is 18.1. The number of hydrogen-bond acceptors (Lipinski definition) is 5. The number of rotatable bonds is 7. The highest BCUT2D eigenvalue weighted by molar-refractivity contribution is 7.89. The molecule has 0 aliphatic carbocycles. The van der Waals surface area contributed by atoms with Gasteiger partial charge in [0.25, 0.3) is 0 Å². The quantitative estimate of drug-likeness (QED) is 0.503. The molecule has 2 aromatic carbocycles. The lowest BCUT2D eigenvalue weighted by Crippen LogP contribution is -2.18. The molecule has 1 amide bonds. The smallest absolute Gasteiger partial charge is 0.359 e. The number of nitrogens with two attached hydrogens (primary N) is 1. The number of halogens is 3. The molecule has 0 spiro atoms. The van der Waals surface area contributed by atoms with Crippen LogP contribution in [-0.2, 0) is 21.0 Å². The third-order valence-electron chi connectivity index (χ3n) is 4.77. The SMILES string of the molecule is CNC(=O)CCC(=O)c1ccccc1-c1cc(C(F)(F)F)nn1-c1ccc(S(N)(=O)=O)cc1. The Morgan fingerprint density at radius 1 is 1.06 bits per heavy atom. The second-order valence-corrected chi connectivity index (χ2v) is 8.57. The van der Waals surface area contributed by atoms with E-state index in [0.29, 0.717) is 0 Å². The molecule has 33 heavy (non-hydrogen) atoms. The van der Waals surface area contributed by atoms with Gasteiger partial charge in [0.2, 0.25) is 15.9 Å². The molecule has 174 valence electrons. The van der Waals surface area contributed by atoms with Crippen LogP contribution in [0.5, 0.6) is 0 Å². The van der Waals surface area contributed by atoms with Gasteiger partial charge in [0.15, 0.2) is 11.5 Å². The Bertz CT molecular complexity index is 1300. The largest absolute Gasteiger partial charge is 0.435 e. The van der Waals surface area contributed by atoms with E-state index < -0.39 is 27.7 Å². The van der Waals surface area contributed by atoms with E-state index in [0.717, 1.165) is 22.9 Å². The van der Waals surface area contributed by atoms with Crippen molar-refractivity contribution in [2.24, 2.45) is 5.14 Å². The van der Waals surface area contributed by atoms with Crippen LogP contribution >= 0.6 is 0 Å². The molecule has 3 aromatic rings. The minimum atomic E-state index is -4.77. The molecule has 1 heterocycles. The zero-order valence-electron chi connectivity index (χ0n) is 17.3. The number of sulfonamides is 1. The van der Waals surface area contributed by atoms with E-state index in [1.807, 2.05) is 0 Å². The van der Waals surface area contributed by atoms with Gasteiger partial charge < -0.3 is 5.32 Å². The fourth-order valence-electron chi connectivity index (χ4n) is 3.12. The minimum absolute atomic E-state index is 0.0328. The number of carbonyl (C=O) groups excluding carboxylic acids is 2. The van der Waals surface area contributed by atoms with Gasteiger partial charge in [-0.3, -0.25) is 9.59 Å². The maximum absolute atomic E-state index is 13.5. The summed E-state index contributed by atoms with van der Waals surface area (Å²) in [6.45, 7) is 0. The monoisotopic (exact) mass is 480 g/mol. The highest BCUT2D eigenvalue weighted by Gasteiger charge is 2.35. The normalized spacial score (nSPS) is 11.9. The Balaban J connectivity index is 2.13. The van der Waals surface area contributed by atoms with E-state index in [1.165, 1.54) is 31.3 Å². The van der Waals surface area contributed by atoms with Crippen molar-refractivity contribution in [2.45, 2.75) is 23.9 Å². The Labute approximate surface area is 187 Å². The predicted molar refractivity (Wildman–Crippen MR) is 113 cm³/mol. The first kappa shape index (κ1) is 24.1. The van der Waals surface area contributed by atoms with Crippen LogP contribution in [0.3, 0.4) is 0 Å². The first-order chi connectivity index (χ1) is 15.4. The zero-order chi connectivity index (χ0) is 24.4. The number of hydrogen-bond donors (Lipinski definition) is 2. The van der Waals surface area contributed by atoms with Gasteiger partial charge in [-0.05, 0) is 30.3 Å². The first-order valence-corrected chi connectivity index (χ1v) is 11.1. The number of nitrogens with zero attached hydrogens (tertiary/aromatic N) is 2. The van der Waals surface area contributed by atoms with E-state index in [2.05, 4.69) is 10.4 Å². The minimum Gasteiger partial charge on any atom is -0.359 e. The number of amides is 1. The molecule has 0 fully saturated rings. The van der Waals surface area contributed by atoms with Crippen LogP contribution in [0.1, 0.15) is 28.9 Å². The standard InChI is InChI=1S/C21H19F3N4O4S/c1-26-20(30)11-10-18(29)16-5-3-2-4-15(16)17-12-19(21(22,23)24)27-28(17)13-6-8-14(9-7-13)33(25,31)32/h2-9,12H,10-11H2,1H3,(H,26,30)(H2,25,31,32). The third kappa shape index (κ3) is 5.46. The van der Waals surface area contributed by atoms with Gasteiger partial charge in [0.05, 0.1) is 16.3 Å². The summed E-state index contributed by atoms with van der Waals surface area (Å²) >= 11 is 0. The van der Waals surface area contributed by atoms with Crippen molar-refractivity contribution < 1.29 is 31.2 Å². The average molecular weight is 480 g/mol. The van der Waals surface area contributed by atoms with Crippen LogP contribution < -0.4 is 10.5 Å². The van der Waals surface area contributed by atoms with Crippen LogP contribution in [0, 0.1) is 0 Å².